The lowest BCUT2D eigenvalue weighted by atomic mass is 9.72. The molecule has 1 heteroatoms. The predicted octanol–water partition coefficient (Wildman–Crippen LogP) is 3.70. The zero-order valence-electron chi connectivity index (χ0n) is 10.5. The molecule has 1 aliphatic carbocycles. The van der Waals surface area contributed by atoms with Crippen LogP contribution in [0.25, 0.3) is 0 Å². The van der Waals surface area contributed by atoms with E-state index in [0.717, 1.165) is 18.8 Å². The number of aliphatic hydroxyl groups is 1. The highest BCUT2D eigenvalue weighted by atomic mass is 16.3. The maximum Gasteiger partial charge on any atom is 0.0931 e. The van der Waals surface area contributed by atoms with E-state index in [9.17, 15) is 5.11 Å². The highest BCUT2D eigenvalue weighted by Gasteiger charge is 2.27. The predicted molar refractivity (Wildman–Crippen MR) is 65.7 cm³/mol. The van der Waals surface area contributed by atoms with Gasteiger partial charge < -0.3 is 5.11 Å². The van der Waals surface area contributed by atoms with E-state index in [1.54, 1.807) is 0 Å². The molecule has 0 aromatic heterocycles. The Balaban J connectivity index is 2.59. The molecule has 2 unspecified atom stereocenters. The molecule has 1 rings (SSSR count). The fraction of sp³-hybridized carbons (Fsp3) is 0.714. The Kier molecular flexibility index (Phi) is 4.15. The van der Waals surface area contributed by atoms with Crippen LogP contribution >= 0.6 is 0 Å². The van der Waals surface area contributed by atoms with Gasteiger partial charge in [0, 0.05) is 0 Å². The molecule has 0 aromatic rings. The lowest BCUT2D eigenvalue weighted by Gasteiger charge is -2.33. The molecular formula is C14H24O. The second-order valence-corrected chi connectivity index (χ2v) is 5.59. The molecule has 0 bridgehead atoms. The number of rotatable bonds is 2. The van der Waals surface area contributed by atoms with E-state index in [0.29, 0.717) is 5.41 Å². The average Bonchev–Trinajstić information content (AvgIpc) is 2.17. The van der Waals surface area contributed by atoms with Crippen LogP contribution in [0.1, 0.15) is 47.0 Å². The summed E-state index contributed by atoms with van der Waals surface area (Å²) < 4.78 is 0. The van der Waals surface area contributed by atoms with Crippen LogP contribution in [0, 0.1) is 11.3 Å². The average molecular weight is 208 g/mol. The number of allylic oxidation sites excluding steroid dienone is 2. The van der Waals surface area contributed by atoms with Crippen molar-refractivity contribution in [3.05, 3.63) is 23.8 Å². The summed E-state index contributed by atoms with van der Waals surface area (Å²) in [5.74, 6) is 0.763. The summed E-state index contributed by atoms with van der Waals surface area (Å²) in [4.78, 5) is 0. The maximum absolute atomic E-state index is 9.81. The first-order chi connectivity index (χ1) is 6.95. The van der Waals surface area contributed by atoms with Crippen LogP contribution in [0.4, 0.5) is 0 Å². The van der Waals surface area contributed by atoms with Crippen molar-refractivity contribution in [2.75, 3.05) is 0 Å². The summed E-state index contributed by atoms with van der Waals surface area (Å²) >= 11 is 0. The second kappa shape index (κ2) is 4.98. The number of aliphatic hydroxyl groups excluding tert-OH is 1. The summed E-state index contributed by atoms with van der Waals surface area (Å²) in [7, 11) is 0. The minimum absolute atomic E-state index is 0.351. The molecule has 86 valence electrons. The van der Waals surface area contributed by atoms with E-state index in [-0.39, 0.29) is 6.10 Å². The van der Waals surface area contributed by atoms with Crippen LogP contribution in [0.3, 0.4) is 0 Å². The van der Waals surface area contributed by atoms with Crippen molar-refractivity contribution in [1.82, 2.24) is 0 Å². The first-order valence-electron chi connectivity index (χ1n) is 5.95. The van der Waals surface area contributed by atoms with Gasteiger partial charge >= 0.3 is 0 Å². The first-order valence-corrected chi connectivity index (χ1v) is 5.95. The van der Waals surface area contributed by atoms with Crippen molar-refractivity contribution in [3.8, 4) is 0 Å². The van der Waals surface area contributed by atoms with Crippen LogP contribution in [-0.2, 0) is 0 Å². The van der Waals surface area contributed by atoms with Gasteiger partial charge in [-0.2, -0.15) is 0 Å². The third-order valence-electron chi connectivity index (χ3n) is 3.43. The third kappa shape index (κ3) is 3.49. The molecule has 0 spiro atoms. The molecule has 2 atom stereocenters. The van der Waals surface area contributed by atoms with Crippen molar-refractivity contribution in [3.63, 3.8) is 0 Å². The summed E-state index contributed by atoms with van der Waals surface area (Å²) in [6, 6.07) is 0. The largest absolute Gasteiger partial charge is 0.385 e. The van der Waals surface area contributed by atoms with E-state index in [1.807, 2.05) is 19.1 Å². The van der Waals surface area contributed by atoms with Crippen molar-refractivity contribution < 1.29 is 5.11 Å². The van der Waals surface area contributed by atoms with Crippen molar-refractivity contribution >= 4 is 0 Å². The zero-order valence-corrected chi connectivity index (χ0v) is 10.5. The Hall–Kier alpha value is -0.560. The quantitative estimate of drug-likeness (QED) is 0.686. The van der Waals surface area contributed by atoms with Crippen LogP contribution in [-0.4, -0.2) is 11.2 Å². The van der Waals surface area contributed by atoms with Gasteiger partial charge in [-0.05, 0) is 43.1 Å². The van der Waals surface area contributed by atoms with Gasteiger partial charge in [-0.3, -0.25) is 0 Å². The second-order valence-electron chi connectivity index (χ2n) is 5.59. The Morgan fingerprint density at radius 2 is 2.13 bits per heavy atom. The molecule has 1 N–H and O–H groups in total. The molecule has 15 heavy (non-hydrogen) atoms. The van der Waals surface area contributed by atoms with Gasteiger partial charge in [-0.25, -0.2) is 0 Å². The molecule has 0 saturated heterocycles. The molecule has 0 saturated carbocycles. The van der Waals surface area contributed by atoms with Crippen LogP contribution < -0.4 is 0 Å². The lowest BCUT2D eigenvalue weighted by molar-refractivity contribution is 0.202. The molecular weight excluding hydrogens is 184 g/mol. The molecule has 0 radical (unpaired) electrons. The van der Waals surface area contributed by atoms with Gasteiger partial charge in [-0.15, -0.1) is 0 Å². The SMILES string of the molecule is C/C=C/C(O)C1=CCC(C(C)(C)C)CC1. The third-order valence-corrected chi connectivity index (χ3v) is 3.43. The summed E-state index contributed by atoms with van der Waals surface area (Å²) in [5, 5.41) is 9.81. The van der Waals surface area contributed by atoms with Crippen LogP contribution in [0.2, 0.25) is 0 Å². The van der Waals surface area contributed by atoms with Gasteiger partial charge in [0.2, 0.25) is 0 Å². The van der Waals surface area contributed by atoms with Gasteiger partial charge in [0.1, 0.15) is 0 Å². The standard InChI is InChI=1S/C14H24O/c1-5-6-13(15)11-7-9-12(10-8-11)14(2,3)4/h5-7,12-13,15H,8-10H2,1-4H3/b6-5+. The molecule has 1 aliphatic rings. The van der Waals surface area contributed by atoms with E-state index < -0.39 is 0 Å². The maximum atomic E-state index is 9.81. The molecule has 0 fully saturated rings. The Bertz CT molecular complexity index is 255. The lowest BCUT2D eigenvalue weighted by Crippen LogP contribution is -2.24. The Morgan fingerprint density at radius 1 is 1.47 bits per heavy atom. The number of hydrogen-bond acceptors (Lipinski definition) is 1. The Labute approximate surface area is 93.9 Å². The zero-order chi connectivity index (χ0) is 11.5. The van der Waals surface area contributed by atoms with E-state index in [4.69, 9.17) is 0 Å². The van der Waals surface area contributed by atoms with Crippen LogP contribution in [0.5, 0.6) is 0 Å². The highest BCUT2D eigenvalue weighted by Crippen LogP contribution is 2.37. The monoisotopic (exact) mass is 208 g/mol. The molecule has 0 aliphatic heterocycles. The summed E-state index contributed by atoms with van der Waals surface area (Å²) in [5.41, 5.74) is 1.60. The van der Waals surface area contributed by atoms with Gasteiger partial charge in [-0.1, -0.05) is 39.0 Å². The molecule has 0 heterocycles. The van der Waals surface area contributed by atoms with Crippen molar-refractivity contribution in [2.24, 2.45) is 11.3 Å². The fourth-order valence-electron chi connectivity index (χ4n) is 2.22. The van der Waals surface area contributed by atoms with E-state index in [1.165, 1.54) is 12.0 Å². The normalized spacial score (nSPS) is 25.4. The molecule has 0 amide bonds. The molecule has 0 aromatic carbocycles. The van der Waals surface area contributed by atoms with E-state index >= 15 is 0 Å². The van der Waals surface area contributed by atoms with Gasteiger partial charge in [0.05, 0.1) is 6.10 Å². The number of hydrogen-bond donors (Lipinski definition) is 1. The summed E-state index contributed by atoms with van der Waals surface area (Å²) in [6.45, 7) is 8.86. The van der Waals surface area contributed by atoms with Crippen molar-refractivity contribution in [1.29, 1.82) is 0 Å². The Morgan fingerprint density at radius 3 is 2.53 bits per heavy atom. The van der Waals surface area contributed by atoms with Crippen LogP contribution in [0.15, 0.2) is 23.8 Å². The topological polar surface area (TPSA) is 20.2 Å². The molecule has 1 nitrogen and oxygen atoms in total. The van der Waals surface area contributed by atoms with Gasteiger partial charge in [0.15, 0.2) is 0 Å². The van der Waals surface area contributed by atoms with E-state index in [2.05, 4.69) is 26.8 Å². The van der Waals surface area contributed by atoms with Gasteiger partial charge in [0.25, 0.3) is 0 Å². The first kappa shape index (κ1) is 12.5. The highest BCUT2D eigenvalue weighted by molar-refractivity contribution is 5.17. The summed E-state index contributed by atoms with van der Waals surface area (Å²) in [6.07, 6.45) is 9.05. The van der Waals surface area contributed by atoms with Crippen molar-refractivity contribution in [2.45, 2.75) is 53.1 Å². The minimum atomic E-state index is -0.351. The smallest absolute Gasteiger partial charge is 0.0931 e. The fourth-order valence-corrected chi connectivity index (χ4v) is 2.22. The minimum Gasteiger partial charge on any atom is -0.385 e.